The van der Waals surface area contributed by atoms with Crippen molar-refractivity contribution in [1.82, 2.24) is 0 Å². The van der Waals surface area contributed by atoms with Gasteiger partial charge in [0.1, 0.15) is 5.75 Å². The third-order valence-corrected chi connectivity index (χ3v) is 3.81. The maximum Gasteiger partial charge on any atom is 0.416 e. The number of nitrogens with one attached hydrogen (secondary N) is 1. The molecular weight excluding hydrogens is 347 g/mol. The van der Waals surface area contributed by atoms with E-state index >= 15 is 0 Å². The highest BCUT2D eigenvalue weighted by Gasteiger charge is 2.31. The van der Waals surface area contributed by atoms with Gasteiger partial charge in [-0.05, 0) is 30.3 Å². The van der Waals surface area contributed by atoms with E-state index in [0.29, 0.717) is 11.8 Å². The monoisotopic (exact) mass is 359 g/mol. The SMILES string of the molecule is O=C(CS(=O)(=O)Oc1cccc(C(F)(F)F)c1)Nc1ccccc1. The quantitative estimate of drug-likeness (QED) is 0.833. The number of halogens is 3. The molecule has 0 saturated heterocycles. The molecule has 0 aliphatic heterocycles. The molecule has 0 unspecified atom stereocenters. The standard InChI is InChI=1S/C15H12F3NO4S/c16-15(17,18)11-5-4-8-13(9-11)23-24(21,22)10-14(20)19-12-6-2-1-3-7-12/h1-9H,10H2,(H,19,20). The van der Waals surface area contributed by atoms with Gasteiger partial charge in [0, 0.05) is 5.69 Å². The van der Waals surface area contributed by atoms with Crippen molar-refractivity contribution in [2.45, 2.75) is 6.18 Å². The van der Waals surface area contributed by atoms with Crippen LogP contribution in [0.2, 0.25) is 0 Å². The molecule has 0 aliphatic rings. The summed E-state index contributed by atoms with van der Waals surface area (Å²) < 4.78 is 65.9. The van der Waals surface area contributed by atoms with Crippen LogP contribution >= 0.6 is 0 Å². The van der Waals surface area contributed by atoms with Gasteiger partial charge < -0.3 is 9.50 Å². The van der Waals surface area contributed by atoms with Crippen molar-refractivity contribution in [1.29, 1.82) is 0 Å². The topological polar surface area (TPSA) is 72.5 Å². The Morgan fingerprint density at radius 2 is 1.71 bits per heavy atom. The van der Waals surface area contributed by atoms with Gasteiger partial charge in [0.05, 0.1) is 5.56 Å². The number of carbonyl (C=O) groups excluding carboxylic acids is 1. The molecular formula is C15H12F3NO4S. The number of benzene rings is 2. The Kier molecular flexibility index (Phi) is 5.13. The van der Waals surface area contributed by atoms with Gasteiger partial charge in [-0.1, -0.05) is 24.3 Å². The molecule has 0 aliphatic carbocycles. The van der Waals surface area contributed by atoms with Gasteiger partial charge >= 0.3 is 16.3 Å². The van der Waals surface area contributed by atoms with Crippen LogP contribution in [0.15, 0.2) is 54.6 Å². The first-order chi connectivity index (χ1) is 11.2. The molecule has 1 amide bonds. The second-order valence-electron chi connectivity index (χ2n) is 4.73. The number of hydrogen-bond donors (Lipinski definition) is 1. The van der Waals surface area contributed by atoms with E-state index < -0.39 is 39.3 Å². The van der Waals surface area contributed by atoms with E-state index in [4.69, 9.17) is 0 Å². The average molecular weight is 359 g/mol. The Hall–Kier alpha value is -2.55. The minimum Gasteiger partial charge on any atom is -0.382 e. The third kappa shape index (κ3) is 5.27. The first-order valence-electron chi connectivity index (χ1n) is 6.60. The van der Waals surface area contributed by atoms with Gasteiger partial charge in [-0.3, -0.25) is 4.79 Å². The molecule has 0 aromatic heterocycles. The highest BCUT2D eigenvalue weighted by molar-refractivity contribution is 7.87. The van der Waals surface area contributed by atoms with Crippen molar-refractivity contribution in [2.24, 2.45) is 0 Å². The van der Waals surface area contributed by atoms with Crippen LogP contribution in [0.4, 0.5) is 18.9 Å². The normalized spacial score (nSPS) is 11.8. The zero-order valence-corrected chi connectivity index (χ0v) is 12.9. The Labute approximate surface area is 136 Å². The maximum absolute atomic E-state index is 12.6. The molecule has 0 fully saturated rings. The number of anilines is 1. The van der Waals surface area contributed by atoms with Crippen LogP contribution in [-0.2, 0) is 21.1 Å². The molecule has 0 spiro atoms. The van der Waals surface area contributed by atoms with Crippen LogP contribution in [0, 0.1) is 0 Å². The summed E-state index contributed by atoms with van der Waals surface area (Å²) >= 11 is 0. The fourth-order valence-electron chi connectivity index (χ4n) is 1.78. The number of carbonyl (C=O) groups is 1. The van der Waals surface area contributed by atoms with Gasteiger partial charge in [-0.15, -0.1) is 0 Å². The van der Waals surface area contributed by atoms with Crippen molar-refractivity contribution in [3.63, 3.8) is 0 Å². The average Bonchev–Trinajstić information content (AvgIpc) is 2.46. The lowest BCUT2D eigenvalue weighted by Gasteiger charge is -2.10. The van der Waals surface area contributed by atoms with Gasteiger partial charge in [0.2, 0.25) is 5.91 Å². The van der Waals surface area contributed by atoms with Crippen LogP contribution in [-0.4, -0.2) is 20.1 Å². The number of rotatable bonds is 5. The van der Waals surface area contributed by atoms with E-state index in [1.165, 1.54) is 0 Å². The number of amides is 1. The molecule has 0 radical (unpaired) electrons. The van der Waals surface area contributed by atoms with Crippen molar-refractivity contribution in [2.75, 3.05) is 11.1 Å². The zero-order chi connectivity index (χ0) is 17.8. The number of para-hydroxylation sites is 1. The second kappa shape index (κ2) is 6.91. The van der Waals surface area contributed by atoms with Gasteiger partial charge in [-0.2, -0.15) is 21.6 Å². The molecule has 2 aromatic carbocycles. The number of hydrogen-bond acceptors (Lipinski definition) is 4. The van der Waals surface area contributed by atoms with Crippen LogP contribution < -0.4 is 9.50 Å². The van der Waals surface area contributed by atoms with Crippen LogP contribution in [0.25, 0.3) is 0 Å². The first-order valence-corrected chi connectivity index (χ1v) is 8.18. The summed E-state index contributed by atoms with van der Waals surface area (Å²) in [6.07, 6.45) is -4.63. The van der Waals surface area contributed by atoms with Gasteiger partial charge in [-0.25, -0.2) is 0 Å². The maximum atomic E-state index is 12.6. The lowest BCUT2D eigenvalue weighted by Crippen LogP contribution is -2.26. The highest BCUT2D eigenvalue weighted by atomic mass is 32.2. The smallest absolute Gasteiger partial charge is 0.382 e. The molecule has 1 N–H and O–H groups in total. The van der Waals surface area contributed by atoms with E-state index in [9.17, 15) is 26.4 Å². The highest BCUT2D eigenvalue weighted by Crippen LogP contribution is 2.31. The number of alkyl halides is 3. The van der Waals surface area contributed by atoms with Crippen LogP contribution in [0.5, 0.6) is 5.75 Å². The molecule has 0 saturated carbocycles. The predicted molar refractivity (Wildman–Crippen MR) is 80.9 cm³/mol. The Morgan fingerprint density at radius 3 is 2.33 bits per heavy atom. The summed E-state index contributed by atoms with van der Waals surface area (Å²) in [6, 6.07) is 11.5. The Bertz CT molecular complexity index is 820. The Morgan fingerprint density at radius 1 is 1.04 bits per heavy atom. The third-order valence-electron chi connectivity index (χ3n) is 2.75. The van der Waals surface area contributed by atoms with E-state index in [1.54, 1.807) is 30.3 Å². The summed E-state index contributed by atoms with van der Waals surface area (Å²) in [5, 5.41) is 2.34. The van der Waals surface area contributed by atoms with E-state index in [2.05, 4.69) is 9.50 Å². The molecule has 0 heterocycles. The fourth-order valence-corrected chi connectivity index (χ4v) is 2.63. The van der Waals surface area contributed by atoms with Crippen LogP contribution in [0.1, 0.15) is 5.56 Å². The molecule has 24 heavy (non-hydrogen) atoms. The summed E-state index contributed by atoms with van der Waals surface area (Å²) in [4.78, 5) is 11.7. The first kappa shape index (κ1) is 17.8. The molecule has 2 rings (SSSR count). The Balaban J connectivity index is 2.05. The lowest BCUT2D eigenvalue weighted by atomic mass is 10.2. The second-order valence-corrected chi connectivity index (χ2v) is 6.30. The molecule has 2 aromatic rings. The van der Waals surface area contributed by atoms with Crippen LogP contribution in [0.3, 0.4) is 0 Å². The van der Waals surface area contributed by atoms with E-state index in [-0.39, 0.29) is 0 Å². The van der Waals surface area contributed by atoms with Gasteiger partial charge in [0.15, 0.2) is 5.75 Å². The van der Waals surface area contributed by atoms with Crippen molar-refractivity contribution >= 4 is 21.7 Å². The zero-order valence-electron chi connectivity index (χ0n) is 12.1. The summed E-state index contributed by atoms with van der Waals surface area (Å²) in [5.41, 5.74) is -0.666. The molecule has 0 bridgehead atoms. The lowest BCUT2D eigenvalue weighted by molar-refractivity contribution is -0.137. The predicted octanol–water partition coefficient (Wildman–Crippen LogP) is 3.05. The molecule has 5 nitrogen and oxygen atoms in total. The largest absolute Gasteiger partial charge is 0.416 e. The van der Waals surface area contributed by atoms with Crippen molar-refractivity contribution < 1.29 is 30.6 Å². The summed E-state index contributed by atoms with van der Waals surface area (Å²) in [5.74, 6) is -2.41. The molecule has 9 heteroatoms. The van der Waals surface area contributed by atoms with Crippen molar-refractivity contribution in [3.05, 3.63) is 60.2 Å². The van der Waals surface area contributed by atoms with Gasteiger partial charge in [0.25, 0.3) is 0 Å². The summed E-state index contributed by atoms with van der Waals surface area (Å²) in [6.45, 7) is 0. The van der Waals surface area contributed by atoms with Crippen molar-refractivity contribution in [3.8, 4) is 5.75 Å². The molecule has 128 valence electrons. The molecule has 0 atom stereocenters. The minimum absolute atomic E-state index is 0.386. The van der Waals surface area contributed by atoms with E-state index in [0.717, 1.165) is 18.2 Å². The summed E-state index contributed by atoms with van der Waals surface area (Å²) in [7, 11) is -4.40. The minimum atomic E-state index is -4.63. The van der Waals surface area contributed by atoms with E-state index in [1.807, 2.05) is 0 Å². The fraction of sp³-hybridized carbons (Fsp3) is 0.133.